The minimum Gasteiger partial charge on any atom is -0.305 e. The molecule has 1 nitrogen and oxygen atoms in total. The summed E-state index contributed by atoms with van der Waals surface area (Å²) < 4.78 is 0. The SMILES string of the molecule is CC(=N)c1ccc(C)cc1C.CCC. The van der Waals surface area contributed by atoms with E-state index in [2.05, 4.69) is 26.8 Å². The van der Waals surface area contributed by atoms with Gasteiger partial charge in [0.25, 0.3) is 0 Å². The van der Waals surface area contributed by atoms with E-state index in [0.29, 0.717) is 5.71 Å². The van der Waals surface area contributed by atoms with Gasteiger partial charge in [-0.3, -0.25) is 0 Å². The van der Waals surface area contributed by atoms with Crippen LogP contribution in [0.5, 0.6) is 0 Å². The smallest absolute Gasteiger partial charge is 0.0357 e. The summed E-state index contributed by atoms with van der Waals surface area (Å²) in [4.78, 5) is 0. The second-order valence-corrected chi connectivity index (χ2v) is 3.65. The zero-order valence-corrected chi connectivity index (χ0v) is 9.94. The Morgan fingerprint density at radius 1 is 1.21 bits per heavy atom. The molecular weight excluding hydrogens is 170 g/mol. The van der Waals surface area contributed by atoms with Crippen LogP contribution in [0.1, 0.15) is 43.9 Å². The van der Waals surface area contributed by atoms with E-state index >= 15 is 0 Å². The first-order valence-corrected chi connectivity index (χ1v) is 5.15. The van der Waals surface area contributed by atoms with E-state index in [0.717, 1.165) is 5.56 Å². The molecule has 0 radical (unpaired) electrons. The number of aryl methyl sites for hydroxylation is 2. The van der Waals surface area contributed by atoms with E-state index in [9.17, 15) is 0 Å². The number of rotatable bonds is 1. The Bertz CT molecular complexity index is 300. The molecule has 0 heterocycles. The van der Waals surface area contributed by atoms with Gasteiger partial charge >= 0.3 is 0 Å². The minimum absolute atomic E-state index is 0.641. The molecule has 0 aliphatic rings. The van der Waals surface area contributed by atoms with Gasteiger partial charge in [-0.25, -0.2) is 0 Å². The average molecular weight is 191 g/mol. The molecule has 1 aromatic rings. The highest BCUT2D eigenvalue weighted by atomic mass is 14.4. The molecule has 0 aliphatic carbocycles. The Kier molecular flexibility index (Phi) is 5.86. The van der Waals surface area contributed by atoms with Crippen molar-refractivity contribution in [3.05, 3.63) is 34.9 Å². The summed E-state index contributed by atoms with van der Waals surface area (Å²) in [7, 11) is 0. The van der Waals surface area contributed by atoms with Gasteiger partial charge in [0.15, 0.2) is 0 Å². The van der Waals surface area contributed by atoms with Gasteiger partial charge in [0.05, 0.1) is 0 Å². The number of hydrogen-bond acceptors (Lipinski definition) is 1. The highest BCUT2D eigenvalue weighted by Crippen LogP contribution is 2.10. The van der Waals surface area contributed by atoms with Crippen molar-refractivity contribution in [1.82, 2.24) is 0 Å². The third kappa shape index (κ3) is 4.22. The molecule has 0 unspecified atom stereocenters. The van der Waals surface area contributed by atoms with Crippen LogP contribution in [-0.2, 0) is 0 Å². The van der Waals surface area contributed by atoms with Crippen LogP contribution in [-0.4, -0.2) is 5.71 Å². The molecule has 0 saturated carbocycles. The third-order valence-electron chi connectivity index (χ3n) is 1.79. The predicted octanol–water partition coefficient (Wildman–Crippen LogP) is 4.11. The molecule has 1 N–H and O–H groups in total. The van der Waals surface area contributed by atoms with Crippen molar-refractivity contribution in [2.24, 2.45) is 0 Å². The maximum atomic E-state index is 7.45. The normalized spacial score (nSPS) is 8.93. The molecule has 0 bridgehead atoms. The van der Waals surface area contributed by atoms with Gasteiger partial charge in [-0.2, -0.15) is 0 Å². The largest absolute Gasteiger partial charge is 0.305 e. The molecular formula is C13H21N. The fraction of sp³-hybridized carbons (Fsp3) is 0.462. The zero-order valence-electron chi connectivity index (χ0n) is 9.94. The maximum absolute atomic E-state index is 7.45. The number of hydrogen-bond donors (Lipinski definition) is 1. The zero-order chi connectivity index (χ0) is 11.1. The lowest BCUT2D eigenvalue weighted by atomic mass is 10.0. The van der Waals surface area contributed by atoms with Gasteiger partial charge < -0.3 is 5.41 Å². The molecule has 0 aliphatic heterocycles. The molecule has 0 spiro atoms. The van der Waals surface area contributed by atoms with Crippen molar-refractivity contribution in [2.75, 3.05) is 0 Å². The molecule has 78 valence electrons. The van der Waals surface area contributed by atoms with Gasteiger partial charge in [0.2, 0.25) is 0 Å². The number of benzene rings is 1. The summed E-state index contributed by atoms with van der Waals surface area (Å²) >= 11 is 0. The first-order valence-electron chi connectivity index (χ1n) is 5.15. The lowest BCUT2D eigenvalue weighted by Gasteiger charge is -2.03. The maximum Gasteiger partial charge on any atom is 0.0357 e. The van der Waals surface area contributed by atoms with Crippen LogP contribution < -0.4 is 0 Å². The topological polar surface area (TPSA) is 23.9 Å². The van der Waals surface area contributed by atoms with Gasteiger partial charge in [0.1, 0.15) is 0 Å². The van der Waals surface area contributed by atoms with Crippen molar-refractivity contribution in [3.8, 4) is 0 Å². The molecule has 0 aromatic heterocycles. The molecule has 1 aromatic carbocycles. The Morgan fingerprint density at radius 3 is 2.07 bits per heavy atom. The fourth-order valence-corrected chi connectivity index (χ4v) is 1.23. The second-order valence-electron chi connectivity index (χ2n) is 3.65. The summed E-state index contributed by atoms with van der Waals surface area (Å²) in [5.74, 6) is 0. The summed E-state index contributed by atoms with van der Waals surface area (Å²) in [6.45, 7) is 10.2. The summed E-state index contributed by atoms with van der Waals surface area (Å²) in [6.07, 6.45) is 1.25. The molecule has 14 heavy (non-hydrogen) atoms. The van der Waals surface area contributed by atoms with Gasteiger partial charge in [0, 0.05) is 5.71 Å². The van der Waals surface area contributed by atoms with Crippen LogP contribution in [0.15, 0.2) is 18.2 Å². The van der Waals surface area contributed by atoms with E-state index in [1.165, 1.54) is 17.5 Å². The Balaban J connectivity index is 0.000000500. The van der Waals surface area contributed by atoms with Crippen molar-refractivity contribution in [2.45, 2.75) is 41.0 Å². The van der Waals surface area contributed by atoms with Gasteiger partial charge in [-0.15, -0.1) is 0 Å². The Hall–Kier alpha value is -1.11. The van der Waals surface area contributed by atoms with Crippen LogP contribution >= 0.6 is 0 Å². The predicted molar refractivity (Wildman–Crippen MR) is 64.4 cm³/mol. The van der Waals surface area contributed by atoms with Crippen molar-refractivity contribution < 1.29 is 0 Å². The highest BCUT2D eigenvalue weighted by molar-refractivity contribution is 5.97. The van der Waals surface area contributed by atoms with Crippen molar-refractivity contribution in [1.29, 1.82) is 5.41 Å². The van der Waals surface area contributed by atoms with E-state index < -0.39 is 0 Å². The summed E-state index contributed by atoms with van der Waals surface area (Å²) in [6, 6.07) is 6.15. The van der Waals surface area contributed by atoms with Crippen LogP contribution in [0.3, 0.4) is 0 Å². The van der Waals surface area contributed by atoms with Crippen molar-refractivity contribution >= 4 is 5.71 Å². The monoisotopic (exact) mass is 191 g/mol. The van der Waals surface area contributed by atoms with E-state index in [1.54, 1.807) is 0 Å². The van der Waals surface area contributed by atoms with Crippen LogP contribution in [0.2, 0.25) is 0 Å². The number of nitrogens with one attached hydrogen (secondary N) is 1. The molecule has 1 rings (SSSR count). The average Bonchev–Trinajstić information content (AvgIpc) is 2.04. The van der Waals surface area contributed by atoms with E-state index in [-0.39, 0.29) is 0 Å². The van der Waals surface area contributed by atoms with Crippen molar-refractivity contribution in [3.63, 3.8) is 0 Å². The molecule has 0 saturated heterocycles. The van der Waals surface area contributed by atoms with Gasteiger partial charge in [-0.1, -0.05) is 44.0 Å². The fourth-order valence-electron chi connectivity index (χ4n) is 1.23. The highest BCUT2D eigenvalue weighted by Gasteiger charge is 1.98. The summed E-state index contributed by atoms with van der Waals surface area (Å²) in [5.41, 5.74) is 4.14. The first-order chi connectivity index (χ1) is 6.52. The quantitative estimate of drug-likeness (QED) is 0.646. The minimum atomic E-state index is 0.641. The molecule has 1 heteroatoms. The molecule has 0 amide bonds. The van der Waals surface area contributed by atoms with Crippen LogP contribution in [0.4, 0.5) is 0 Å². The van der Waals surface area contributed by atoms with Crippen LogP contribution in [0, 0.1) is 19.3 Å². The Labute approximate surface area is 87.7 Å². The van der Waals surface area contributed by atoms with Crippen LogP contribution in [0.25, 0.3) is 0 Å². The molecule has 0 atom stereocenters. The second kappa shape index (κ2) is 6.36. The molecule has 0 fully saturated rings. The van der Waals surface area contributed by atoms with E-state index in [4.69, 9.17) is 5.41 Å². The van der Waals surface area contributed by atoms with Gasteiger partial charge in [-0.05, 0) is 31.9 Å². The van der Waals surface area contributed by atoms with E-state index in [1.807, 2.05) is 26.0 Å². The lowest BCUT2D eigenvalue weighted by molar-refractivity contribution is 1.09. The Morgan fingerprint density at radius 2 is 1.71 bits per heavy atom. The third-order valence-corrected chi connectivity index (χ3v) is 1.79. The summed E-state index contributed by atoms with van der Waals surface area (Å²) in [5, 5.41) is 7.45. The first kappa shape index (κ1) is 12.9. The lowest BCUT2D eigenvalue weighted by Crippen LogP contribution is -1.95. The standard InChI is InChI=1S/C10H13N.C3H8/c1-7-4-5-10(9(3)11)8(2)6-7;1-3-2/h4-6,11H,1-3H3;3H2,1-2H3.